The summed E-state index contributed by atoms with van der Waals surface area (Å²) in [5, 5.41) is 6.69. The Bertz CT molecular complexity index is 351. The zero-order valence-corrected chi connectivity index (χ0v) is 9.61. The van der Waals surface area contributed by atoms with Gasteiger partial charge in [-0.3, -0.25) is 9.48 Å². The largest absolute Gasteiger partial charge is 0.319 e. The number of carbonyl (C=O) groups excluding carboxylic acids is 1. The normalized spacial score (nSPS) is 13.7. The molecule has 0 aliphatic carbocycles. The highest BCUT2D eigenvalue weighted by Crippen LogP contribution is 2.18. The molecular formula is C10H18N4O. The molecule has 1 aromatic heterocycles. The van der Waals surface area contributed by atoms with E-state index in [0.717, 1.165) is 0 Å². The van der Waals surface area contributed by atoms with E-state index in [1.165, 1.54) is 0 Å². The van der Waals surface area contributed by atoms with Crippen molar-refractivity contribution in [1.29, 1.82) is 0 Å². The highest BCUT2D eigenvalue weighted by Gasteiger charge is 2.27. The van der Waals surface area contributed by atoms with Gasteiger partial charge in [0, 0.05) is 13.1 Å². The Hall–Kier alpha value is -1.36. The number of carbonyl (C=O) groups is 1. The van der Waals surface area contributed by atoms with Crippen LogP contribution < -0.4 is 11.1 Å². The van der Waals surface area contributed by atoms with Crippen molar-refractivity contribution in [3.8, 4) is 0 Å². The van der Waals surface area contributed by atoms with E-state index < -0.39 is 6.04 Å². The van der Waals surface area contributed by atoms with Crippen molar-refractivity contribution in [2.24, 2.45) is 18.2 Å². The molecule has 0 spiro atoms. The third kappa shape index (κ3) is 2.79. The van der Waals surface area contributed by atoms with Crippen LogP contribution in [0.5, 0.6) is 0 Å². The molecule has 0 unspecified atom stereocenters. The van der Waals surface area contributed by atoms with E-state index in [1.54, 1.807) is 24.0 Å². The summed E-state index contributed by atoms with van der Waals surface area (Å²) in [6.07, 6.45) is 1.62. The lowest BCUT2D eigenvalue weighted by molar-refractivity contribution is -0.119. The van der Waals surface area contributed by atoms with Crippen LogP contribution in [0.1, 0.15) is 20.8 Å². The number of amides is 1. The molecule has 1 aromatic rings. The van der Waals surface area contributed by atoms with Gasteiger partial charge in [0.25, 0.3) is 0 Å². The van der Waals surface area contributed by atoms with Gasteiger partial charge >= 0.3 is 0 Å². The maximum Gasteiger partial charge on any atom is 0.242 e. The van der Waals surface area contributed by atoms with Gasteiger partial charge in [0.2, 0.25) is 5.91 Å². The van der Waals surface area contributed by atoms with Crippen LogP contribution in [0.3, 0.4) is 0 Å². The zero-order chi connectivity index (χ0) is 11.6. The van der Waals surface area contributed by atoms with Crippen molar-refractivity contribution in [2.75, 3.05) is 5.32 Å². The molecule has 3 N–H and O–H groups in total. The van der Waals surface area contributed by atoms with Crippen molar-refractivity contribution in [2.45, 2.75) is 26.8 Å². The predicted octanol–water partition coefficient (Wildman–Crippen LogP) is 0.732. The van der Waals surface area contributed by atoms with Crippen molar-refractivity contribution < 1.29 is 4.79 Å². The van der Waals surface area contributed by atoms with Crippen LogP contribution >= 0.6 is 0 Å². The van der Waals surface area contributed by atoms with Crippen LogP contribution in [0, 0.1) is 5.41 Å². The van der Waals surface area contributed by atoms with Crippen LogP contribution in [0.15, 0.2) is 12.3 Å². The molecule has 15 heavy (non-hydrogen) atoms. The van der Waals surface area contributed by atoms with Gasteiger partial charge in [0.05, 0.1) is 12.2 Å². The van der Waals surface area contributed by atoms with Gasteiger partial charge in [0.1, 0.15) is 5.82 Å². The summed E-state index contributed by atoms with van der Waals surface area (Å²) >= 11 is 0. The fourth-order valence-electron chi connectivity index (χ4n) is 1.09. The molecule has 0 fully saturated rings. The van der Waals surface area contributed by atoms with Crippen LogP contribution in [-0.4, -0.2) is 21.7 Å². The molecule has 0 aromatic carbocycles. The quantitative estimate of drug-likeness (QED) is 0.756. The second-order valence-corrected chi connectivity index (χ2v) is 4.67. The number of nitrogens with zero attached hydrogens (tertiary/aromatic N) is 2. The van der Waals surface area contributed by atoms with Crippen molar-refractivity contribution in [1.82, 2.24) is 9.78 Å². The van der Waals surface area contributed by atoms with Gasteiger partial charge in [-0.15, -0.1) is 0 Å². The van der Waals surface area contributed by atoms with Gasteiger partial charge in [-0.1, -0.05) is 20.8 Å². The molecule has 0 saturated carbocycles. The lowest BCUT2D eigenvalue weighted by atomic mass is 9.87. The number of nitrogens with two attached hydrogens (primary N) is 1. The van der Waals surface area contributed by atoms with E-state index in [2.05, 4.69) is 10.4 Å². The van der Waals surface area contributed by atoms with Gasteiger partial charge in [-0.25, -0.2) is 0 Å². The van der Waals surface area contributed by atoms with Crippen LogP contribution in [0.25, 0.3) is 0 Å². The molecule has 84 valence electrons. The number of aromatic nitrogens is 2. The zero-order valence-electron chi connectivity index (χ0n) is 9.61. The first-order valence-electron chi connectivity index (χ1n) is 4.87. The summed E-state index contributed by atoms with van der Waals surface area (Å²) in [6.45, 7) is 5.79. The number of anilines is 1. The first kappa shape index (κ1) is 11.7. The average Bonchev–Trinajstić information content (AvgIpc) is 2.49. The van der Waals surface area contributed by atoms with Gasteiger partial charge in [-0.2, -0.15) is 5.10 Å². The average molecular weight is 210 g/mol. The number of rotatable bonds is 2. The van der Waals surface area contributed by atoms with E-state index in [0.29, 0.717) is 5.82 Å². The molecule has 1 rings (SSSR count). The van der Waals surface area contributed by atoms with Crippen molar-refractivity contribution in [3.05, 3.63) is 12.3 Å². The summed E-state index contributed by atoms with van der Waals surface area (Å²) in [5.74, 6) is 0.464. The molecule has 0 aliphatic rings. The fourth-order valence-corrected chi connectivity index (χ4v) is 1.09. The predicted molar refractivity (Wildman–Crippen MR) is 59.3 cm³/mol. The van der Waals surface area contributed by atoms with Crippen LogP contribution in [-0.2, 0) is 11.8 Å². The maximum absolute atomic E-state index is 11.7. The third-order valence-electron chi connectivity index (χ3n) is 2.29. The van der Waals surface area contributed by atoms with Crippen LogP contribution in [0.2, 0.25) is 0 Å². The summed E-state index contributed by atoms with van der Waals surface area (Å²) in [4.78, 5) is 11.7. The number of aryl methyl sites for hydroxylation is 1. The standard InChI is InChI=1S/C10H18N4O/c1-10(2,3)8(11)9(15)13-7-5-6-12-14(7)4/h5-6,8H,11H2,1-4H3,(H,13,15)/t8-/m0/s1. The molecular weight excluding hydrogens is 192 g/mol. The Balaban J connectivity index is 2.69. The molecule has 0 bridgehead atoms. The minimum atomic E-state index is -0.535. The SMILES string of the molecule is Cn1nccc1NC(=O)[C@H](N)C(C)(C)C. The minimum absolute atomic E-state index is 0.189. The Morgan fingerprint density at radius 3 is 2.60 bits per heavy atom. The van der Waals surface area contributed by atoms with E-state index in [-0.39, 0.29) is 11.3 Å². The second kappa shape index (κ2) is 4.02. The van der Waals surface area contributed by atoms with Crippen molar-refractivity contribution in [3.63, 3.8) is 0 Å². The minimum Gasteiger partial charge on any atom is -0.319 e. The van der Waals surface area contributed by atoms with E-state index in [4.69, 9.17) is 5.73 Å². The lowest BCUT2D eigenvalue weighted by Crippen LogP contribution is -2.45. The lowest BCUT2D eigenvalue weighted by Gasteiger charge is -2.25. The first-order chi connectivity index (χ1) is 6.82. The Morgan fingerprint density at radius 2 is 2.20 bits per heavy atom. The molecule has 1 heterocycles. The number of nitrogens with one attached hydrogen (secondary N) is 1. The van der Waals surface area contributed by atoms with E-state index in [9.17, 15) is 4.79 Å². The van der Waals surface area contributed by atoms with E-state index in [1.807, 2.05) is 20.8 Å². The molecule has 0 saturated heterocycles. The molecule has 5 heteroatoms. The van der Waals surface area contributed by atoms with Crippen molar-refractivity contribution >= 4 is 11.7 Å². The maximum atomic E-state index is 11.7. The van der Waals surface area contributed by atoms with E-state index >= 15 is 0 Å². The summed E-state index contributed by atoms with van der Waals surface area (Å²) in [7, 11) is 1.76. The molecule has 1 amide bonds. The second-order valence-electron chi connectivity index (χ2n) is 4.67. The molecule has 1 atom stereocenters. The van der Waals surface area contributed by atoms with Gasteiger partial charge in [-0.05, 0) is 5.41 Å². The fraction of sp³-hybridized carbons (Fsp3) is 0.600. The molecule has 0 aliphatic heterocycles. The van der Waals surface area contributed by atoms with Gasteiger partial charge in [0.15, 0.2) is 0 Å². The topological polar surface area (TPSA) is 72.9 Å². The molecule has 0 radical (unpaired) electrons. The Morgan fingerprint density at radius 1 is 1.60 bits per heavy atom. The monoisotopic (exact) mass is 210 g/mol. The van der Waals surface area contributed by atoms with Crippen LogP contribution in [0.4, 0.5) is 5.82 Å². The Kier molecular flexibility index (Phi) is 3.14. The molecule has 5 nitrogen and oxygen atoms in total. The third-order valence-corrected chi connectivity index (χ3v) is 2.29. The highest BCUT2D eigenvalue weighted by atomic mass is 16.2. The number of hydrogen-bond donors (Lipinski definition) is 2. The Labute approximate surface area is 89.6 Å². The summed E-state index contributed by atoms with van der Waals surface area (Å²) in [5.41, 5.74) is 5.57. The van der Waals surface area contributed by atoms with Gasteiger partial charge < -0.3 is 11.1 Å². The first-order valence-corrected chi connectivity index (χ1v) is 4.87. The highest BCUT2D eigenvalue weighted by molar-refractivity contribution is 5.94. The summed E-state index contributed by atoms with van der Waals surface area (Å²) in [6, 6.07) is 1.19. The summed E-state index contributed by atoms with van der Waals surface area (Å²) < 4.78 is 1.59. The smallest absolute Gasteiger partial charge is 0.242 e. The number of hydrogen-bond acceptors (Lipinski definition) is 3.